The van der Waals surface area contributed by atoms with Crippen LogP contribution in [0.3, 0.4) is 0 Å². The van der Waals surface area contributed by atoms with Gasteiger partial charge in [-0.05, 0) is 36.4 Å². The number of likely N-dealkylation sites (tertiary alicyclic amines) is 1. The van der Waals surface area contributed by atoms with Crippen LogP contribution < -0.4 is 10.6 Å². The highest BCUT2D eigenvalue weighted by Gasteiger charge is 2.35. The van der Waals surface area contributed by atoms with Crippen molar-refractivity contribution in [3.8, 4) is 11.4 Å². The predicted octanol–water partition coefficient (Wildman–Crippen LogP) is 2.87. The molecule has 4 rings (SSSR count). The molecule has 29 heavy (non-hydrogen) atoms. The number of nitrogens with one attached hydrogen (secondary N) is 2. The topological polar surface area (TPSA) is 100 Å². The highest BCUT2D eigenvalue weighted by molar-refractivity contribution is 5.95. The lowest BCUT2D eigenvalue weighted by atomic mass is 10.0. The molecule has 0 radical (unpaired) electrons. The molecular formula is C20H18FN5O3. The second-order valence-electron chi connectivity index (χ2n) is 6.66. The van der Waals surface area contributed by atoms with Gasteiger partial charge in [0.25, 0.3) is 5.91 Å². The van der Waals surface area contributed by atoms with Crippen molar-refractivity contribution in [3.63, 3.8) is 0 Å². The van der Waals surface area contributed by atoms with Crippen LogP contribution >= 0.6 is 0 Å². The first-order valence-corrected chi connectivity index (χ1v) is 9.01. The van der Waals surface area contributed by atoms with Gasteiger partial charge in [-0.1, -0.05) is 17.3 Å². The van der Waals surface area contributed by atoms with Crippen LogP contribution in [0.25, 0.3) is 11.4 Å². The zero-order chi connectivity index (χ0) is 20.4. The average Bonchev–Trinajstić information content (AvgIpc) is 3.18. The molecule has 1 aliphatic rings. The molecule has 3 aromatic rings. The Labute approximate surface area is 165 Å². The van der Waals surface area contributed by atoms with Crippen LogP contribution in [0.4, 0.5) is 14.9 Å². The van der Waals surface area contributed by atoms with E-state index in [9.17, 15) is 14.0 Å². The van der Waals surface area contributed by atoms with Gasteiger partial charge >= 0.3 is 6.03 Å². The lowest BCUT2D eigenvalue weighted by molar-refractivity contribution is 0.0963. The van der Waals surface area contributed by atoms with E-state index in [1.165, 1.54) is 24.3 Å². The third kappa shape index (κ3) is 3.93. The SMILES string of the molecule is CNC(=O)c1cccc(-c2noc(C3CN(C(=O)Nc4ccc(F)cc4)C3)n2)c1. The lowest BCUT2D eigenvalue weighted by Crippen LogP contribution is -2.50. The van der Waals surface area contributed by atoms with Crippen molar-refractivity contribution in [1.82, 2.24) is 20.4 Å². The molecule has 8 nitrogen and oxygen atoms in total. The van der Waals surface area contributed by atoms with E-state index in [1.807, 2.05) is 0 Å². The molecule has 0 unspecified atom stereocenters. The maximum absolute atomic E-state index is 12.9. The number of benzene rings is 2. The van der Waals surface area contributed by atoms with E-state index in [-0.39, 0.29) is 23.7 Å². The minimum Gasteiger partial charge on any atom is -0.355 e. The van der Waals surface area contributed by atoms with Crippen LogP contribution in [-0.2, 0) is 0 Å². The van der Waals surface area contributed by atoms with Gasteiger partial charge in [0.05, 0.1) is 5.92 Å². The molecule has 1 aromatic heterocycles. The molecule has 0 aliphatic carbocycles. The first-order valence-electron chi connectivity index (χ1n) is 9.01. The summed E-state index contributed by atoms with van der Waals surface area (Å²) in [5, 5.41) is 9.27. The fourth-order valence-electron chi connectivity index (χ4n) is 3.00. The summed E-state index contributed by atoms with van der Waals surface area (Å²) in [7, 11) is 1.57. The summed E-state index contributed by atoms with van der Waals surface area (Å²) in [5.74, 6) is 0.214. The van der Waals surface area contributed by atoms with Crippen LogP contribution in [0.15, 0.2) is 53.1 Å². The van der Waals surface area contributed by atoms with Gasteiger partial charge in [0, 0.05) is 37.0 Å². The number of nitrogens with zero attached hydrogens (tertiary/aromatic N) is 3. The van der Waals surface area contributed by atoms with Crippen LogP contribution in [0.5, 0.6) is 0 Å². The molecule has 2 N–H and O–H groups in total. The predicted molar refractivity (Wildman–Crippen MR) is 103 cm³/mol. The highest BCUT2D eigenvalue weighted by atomic mass is 19.1. The normalized spacial score (nSPS) is 13.7. The molecule has 1 aliphatic heterocycles. The largest absolute Gasteiger partial charge is 0.355 e. The van der Waals surface area contributed by atoms with Crippen molar-refractivity contribution in [2.45, 2.75) is 5.92 Å². The number of halogens is 1. The van der Waals surface area contributed by atoms with Gasteiger partial charge in [0.1, 0.15) is 5.82 Å². The number of urea groups is 1. The van der Waals surface area contributed by atoms with Gasteiger partial charge in [-0.15, -0.1) is 0 Å². The quantitative estimate of drug-likeness (QED) is 0.708. The molecule has 2 heterocycles. The summed E-state index contributed by atoms with van der Waals surface area (Å²) in [6, 6.07) is 12.2. The number of carbonyl (C=O) groups excluding carboxylic acids is 2. The molecule has 9 heteroatoms. The van der Waals surface area contributed by atoms with Gasteiger partial charge in [0.15, 0.2) is 0 Å². The highest BCUT2D eigenvalue weighted by Crippen LogP contribution is 2.28. The number of aromatic nitrogens is 2. The smallest absolute Gasteiger partial charge is 0.321 e. The van der Waals surface area contributed by atoms with Crippen molar-refractivity contribution >= 4 is 17.6 Å². The third-order valence-corrected chi connectivity index (χ3v) is 4.67. The molecule has 0 atom stereocenters. The van der Waals surface area contributed by atoms with Crippen LogP contribution in [0.2, 0.25) is 0 Å². The number of amides is 3. The van der Waals surface area contributed by atoms with Gasteiger partial charge in [-0.3, -0.25) is 4.79 Å². The van der Waals surface area contributed by atoms with Crippen molar-refractivity contribution in [2.75, 3.05) is 25.5 Å². The molecule has 3 amide bonds. The maximum Gasteiger partial charge on any atom is 0.321 e. The molecule has 2 aromatic carbocycles. The van der Waals surface area contributed by atoms with E-state index in [0.717, 1.165) is 0 Å². The molecule has 0 spiro atoms. The van der Waals surface area contributed by atoms with E-state index in [4.69, 9.17) is 4.52 Å². The zero-order valence-electron chi connectivity index (χ0n) is 15.6. The van der Waals surface area contributed by atoms with E-state index < -0.39 is 0 Å². The Hall–Kier alpha value is -3.75. The molecule has 0 bridgehead atoms. The summed E-state index contributed by atoms with van der Waals surface area (Å²) in [6.07, 6.45) is 0. The minimum absolute atomic E-state index is 0.0580. The Balaban J connectivity index is 1.37. The van der Waals surface area contributed by atoms with Gasteiger partial charge in [0.2, 0.25) is 11.7 Å². The second-order valence-corrected chi connectivity index (χ2v) is 6.66. The molecule has 1 fully saturated rings. The van der Waals surface area contributed by atoms with Crippen LogP contribution in [0, 0.1) is 5.82 Å². The van der Waals surface area contributed by atoms with Gasteiger partial charge in [-0.2, -0.15) is 4.98 Å². The van der Waals surface area contributed by atoms with Gasteiger partial charge < -0.3 is 20.1 Å². The Morgan fingerprint density at radius 3 is 2.66 bits per heavy atom. The number of anilines is 1. The summed E-state index contributed by atoms with van der Waals surface area (Å²) in [5.41, 5.74) is 1.70. The van der Waals surface area contributed by atoms with E-state index in [0.29, 0.717) is 41.6 Å². The Kier molecular flexibility index (Phi) is 4.94. The summed E-state index contributed by atoms with van der Waals surface area (Å²) in [4.78, 5) is 30.0. The summed E-state index contributed by atoms with van der Waals surface area (Å²) < 4.78 is 18.3. The standard InChI is InChI=1S/C20H18FN5O3/c1-22-18(27)13-4-2-3-12(9-13)17-24-19(29-25-17)14-10-26(11-14)20(28)23-16-7-5-15(21)6-8-16/h2-9,14H,10-11H2,1H3,(H,22,27)(H,23,28). The van der Waals surface area contributed by atoms with Crippen molar-refractivity contribution < 1.29 is 18.5 Å². The Morgan fingerprint density at radius 1 is 1.17 bits per heavy atom. The van der Waals surface area contributed by atoms with E-state index in [1.54, 1.807) is 36.2 Å². The lowest BCUT2D eigenvalue weighted by Gasteiger charge is -2.36. The van der Waals surface area contributed by atoms with Crippen molar-refractivity contribution in [2.24, 2.45) is 0 Å². The number of rotatable bonds is 4. The summed E-state index contributed by atoms with van der Waals surface area (Å²) in [6.45, 7) is 0.875. The van der Waals surface area contributed by atoms with E-state index in [2.05, 4.69) is 20.8 Å². The zero-order valence-corrected chi connectivity index (χ0v) is 15.6. The second kappa shape index (κ2) is 7.70. The Morgan fingerprint density at radius 2 is 1.93 bits per heavy atom. The molecule has 1 saturated heterocycles. The fourth-order valence-corrected chi connectivity index (χ4v) is 3.00. The first-order chi connectivity index (χ1) is 14.0. The molecule has 0 saturated carbocycles. The fraction of sp³-hybridized carbons (Fsp3) is 0.200. The van der Waals surface area contributed by atoms with Crippen molar-refractivity contribution in [3.05, 3.63) is 65.8 Å². The van der Waals surface area contributed by atoms with E-state index >= 15 is 0 Å². The number of hydrogen-bond donors (Lipinski definition) is 2. The number of hydrogen-bond acceptors (Lipinski definition) is 5. The molecular weight excluding hydrogens is 377 g/mol. The third-order valence-electron chi connectivity index (χ3n) is 4.67. The summed E-state index contributed by atoms with van der Waals surface area (Å²) >= 11 is 0. The van der Waals surface area contributed by atoms with Crippen molar-refractivity contribution in [1.29, 1.82) is 0 Å². The number of carbonyl (C=O) groups is 2. The van der Waals surface area contributed by atoms with Gasteiger partial charge in [-0.25, -0.2) is 9.18 Å². The van der Waals surface area contributed by atoms with Crippen LogP contribution in [0.1, 0.15) is 22.2 Å². The maximum atomic E-state index is 12.9. The minimum atomic E-state index is -0.361. The molecule has 148 valence electrons. The monoisotopic (exact) mass is 395 g/mol. The Bertz CT molecular complexity index is 1040. The average molecular weight is 395 g/mol. The van der Waals surface area contributed by atoms with Crippen LogP contribution in [-0.4, -0.2) is 47.1 Å². The first kappa shape index (κ1) is 18.6.